The summed E-state index contributed by atoms with van der Waals surface area (Å²) >= 11 is 0. The number of hydrogen-bond donors (Lipinski definition) is 2. The van der Waals surface area contributed by atoms with E-state index < -0.39 is 9.84 Å². The lowest BCUT2D eigenvalue weighted by molar-refractivity contribution is 0.407. The van der Waals surface area contributed by atoms with Gasteiger partial charge in [0.15, 0.2) is 5.96 Å². The zero-order valence-corrected chi connectivity index (χ0v) is 16.8. The van der Waals surface area contributed by atoms with Gasteiger partial charge in [-0.1, -0.05) is 44.2 Å². The standard InChI is InChI=1S/C19H33N3O2S/c1-5-19(6-2,17-12-9-8-10-13-17)16-22-18(20-7-3)21-14-11-15-25(4,23)24/h8-10,12-13H,5-7,11,14-16H2,1-4H3,(H2,20,21,22). The number of sulfone groups is 1. The topological polar surface area (TPSA) is 70.6 Å². The number of nitrogens with zero attached hydrogens (tertiary/aromatic N) is 1. The molecule has 0 radical (unpaired) electrons. The molecule has 6 heteroatoms. The number of benzene rings is 1. The van der Waals surface area contributed by atoms with Crippen molar-refractivity contribution in [2.24, 2.45) is 4.99 Å². The molecule has 0 fully saturated rings. The van der Waals surface area contributed by atoms with Crippen LogP contribution in [0.3, 0.4) is 0 Å². The fraction of sp³-hybridized carbons (Fsp3) is 0.632. The molecule has 0 heterocycles. The molecule has 2 N–H and O–H groups in total. The van der Waals surface area contributed by atoms with Crippen LogP contribution in [0.5, 0.6) is 0 Å². The fourth-order valence-corrected chi connectivity index (χ4v) is 3.55. The maximum atomic E-state index is 11.2. The van der Waals surface area contributed by atoms with Gasteiger partial charge in [-0.3, -0.25) is 4.99 Å². The first-order chi connectivity index (χ1) is 11.9. The molecule has 25 heavy (non-hydrogen) atoms. The van der Waals surface area contributed by atoms with Gasteiger partial charge >= 0.3 is 0 Å². The van der Waals surface area contributed by atoms with Gasteiger partial charge < -0.3 is 10.6 Å². The highest BCUT2D eigenvalue weighted by atomic mass is 32.2. The summed E-state index contributed by atoms with van der Waals surface area (Å²) in [5, 5.41) is 6.48. The summed E-state index contributed by atoms with van der Waals surface area (Å²) in [6.45, 7) is 8.50. The summed E-state index contributed by atoms with van der Waals surface area (Å²) in [5.74, 6) is 0.940. The van der Waals surface area contributed by atoms with E-state index in [1.54, 1.807) is 0 Å². The van der Waals surface area contributed by atoms with E-state index in [9.17, 15) is 8.42 Å². The van der Waals surface area contributed by atoms with Gasteiger partial charge in [0.05, 0.1) is 12.3 Å². The summed E-state index contributed by atoms with van der Waals surface area (Å²) in [6, 6.07) is 10.5. The number of aliphatic imine (C=N–C) groups is 1. The SMILES string of the molecule is CCNC(=NCC(CC)(CC)c1ccccc1)NCCCS(C)(=O)=O. The Morgan fingerprint density at radius 1 is 1.08 bits per heavy atom. The first-order valence-corrected chi connectivity index (χ1v) is 11.2. The minimum absolute atomic E-state index is 0.0242. The van der Waals surface area contributed by atoms with Crippen LogP contribution < -0.4 is 10.6 Å². The average Bonchev–Trinajstić information content (AvgIpc) is 2.60. The molecule has 0 amide bonds. The van der Waals surface area contributed by atoms with Gasteiger partial charge in [-0.15, -0.1) is 0 Å². The molecule has 0 unspecified atom stereocenters. The molecule has 0 saturated heterocycles. The van der Waals surface area contributed by atoms with Gasteiger partial charge in [0, 0.05) is 24.8 Å². The summed E-state index contributed by atoms with van der Waals surface area (Å²) in [5.41, 5.74) is 1.34. The smallest absolute Gasteiger partial charge is 0.191 e. The lowest BCUT2D eigenvalue weighted by Gasteiger charge is -2.31. The minimum atomic E-state index is -2.91. The van der Waals surface area contributed by atoms with Crippen LogP contribution in [0, 0.1) is 0 Å². The number of guanidine groups is 1. The fourth-order valence-electron chi connectivity index (χ4n) is 2.88. The molecule has 0 aliphatic rings. The second-order valence-electron chi connectivity index (χ2n) is 6.46. The average molecular weight is 368 g/mol. The lowest BCUT2D eigenvalue weighted by Crippen LogP contribution is -2.40. The molecular weight excluding hydrogens is 334 g/mol. The molecule has 0 bridgehead atoms. The van der Waals surface area contributed by atoms with E-state index in [0.717, 1.165) is 25.3 Å². The van der Waals surface area contributed by atoms with Crippen molar-refractivity contribution in [2.75, 3.05) is 31.6 Å². The molecule has 0 saturated carbocycles. The predicted octanol–water partition coefficient (Wildman–Crippen LogP) is 2.73. The summed E-state index contributed by atoms with van der Waals surface area (Å²) in [4.78, 5) is 4.78. The molecule has 0 aromatic heterocycles. The van der Waals surface area contributed by atoms with E-state index in [2.05, 4.69) is 48.7 Å². The molecule has 0 atom stereocenters. The molecule has 0 spiro atoms. The third kappa shape index (κ3) is 7.46. The maximum absolute atomic E-state index is 11.2. The molecule has 5 nitrogen and oxygen atoms in total. The normalized spacial score (nSPS) is 12.9. The molecule has 0 aliphatic carbocycles. The molecule has 0 aliphatic heterocycles. The molecular formula is C19H33N3O2S. The van der Waals surface area contributed by atoms with Gasteiger partial charge in [0.2, 0.25) is 0 Å². The Labute approximate surface area is 153 Å². The second-order valence-corrected chi connectivity index (χ2v) is 8.72. The monoisotopic (exact) mass is 367 g/mol. The molecule has 1 rings (SSSR count). The van der Waals surface area contributed by atoms with Crippen molar-refractivity contribution in [1.29, 1.82) is 0 Å². The van der Waals surface area contributed by atoms with Crippen LogP contribution in [-0.4, -0.2) is 46.0 Å². The maximum Gasteiger partial charge on any atom is 0.191 e. The molecule has 142 valence electrons. The second kappa shape index (κ2) is 10.4. The van der Waals surface area contributed by atoms with Crippen LogP contribution in [0.25, 0.3) is 0 Å². The van der Waals surface area contributed by atoms with Crippen LogP contribution in [-0.2, 0) is 15.3 Å². The summed E-state index contributed by atoms with van der Waals surface area (Å²) in [6.07, 6.45) is 3.88. The predicted molar refractivity (Wildman–Crippen MR) is 107 cm³/mol. The molecule has 1 aromatic rings. The van der Waals surface area contributed by atoms with E-state index in [-0.39, 0.29) is 11.2 Å². The Hall–Kier alpha value is -1.56. The Balaban J connectivity index is 2.79. The van der Waals surface area contributed by atoms with Gasteiger partial charge in [0.25, 0.3) is 0 Å². The van der Waals surface area contributed by atoms with E-state index >= 15 is 0 Å². The summed E-state index contributed by atoms with van der Waals surface area (Å²) < 4.78 is 22.4. The highest BCUT2D eigenvalue weighted by Gasteiger charge is 2.28. The number of nitrogens with one attached hydrogen (secondary N) is 2. The van der Waals surface area contributed by atoms with Crippen molar-refractivity contribution in [2.45, 2.75) is 45.4 Å². The minimum Gasteiger partial charge on any atom is -0.357 e. The van der Waals surface area contributed by atoms with Crippen molar-refractivity contribution in [3.63, 3.8) is 0 Å². The Morgan fingerprint density at radius 2 is 1.72 bits per heavy atom. The van der Waals surface area contributed by atoms with Crippen molar-refractivity contribution in [3.05, 3.63) is 35.9 Å². The van der Waals surface area contributed by atoms with Crippen molar-refractivity contribution in [3.8, 4) is 0 Å². The van der Waals surface area contributed by atoms with Gasteiger partial charge in [-0.05, 0) is 31.7 Å². The quantitative estimate of drug-likeness (QED) is 0.379. The van der Waals surface area contributed by atoms with E-state index in [0.29, 0.717) is 19.5 Å². The van der Waals surface area contributed by atoms with Crippen LogP contribution in [0.1, 0.15) is 45.6 Å². The van der Waals surface area contributed by atoms with Crippen LogP contribution >= 0.6 is 0 Å². The zero-order chi connectivity index (χ0) is 18.8. The van der Waals surface area contributed by atoms with Gasteiger partial charge in [-0.2, -0.15) is 0 Å². The highest BCUT2D eigenvalue weighted by molar-refractivity contribution is 7.90. The first kappa shape index (κ1) is 21.5. The van der Waals surface area contributed by atoms with Crippen LogP contribution in [0.2, 0.25) is 0 Å². The Morgan fingerprint density at radius 3 is 2.24 bits per heavy atom. The van der Waals surface area contributed by atoms with E-state index in [4.69, 9.17) is 4.99 Å². The highest BCUT2D eigenvalue weighted by Crippen LogP contribution is 2.31. The van der Waals surface area contributed by atoms with Crippen LogP contribution in [0.15, 0.2) is 35.3 Å². The van der Waals surface area contributed by atoms with E-state index in [1.165, 1.54) is 11.8 Å². The third-order valence-electron chi connectivity index (χ3n) is 4.61. The largest absolute Gasteiger partial charge is 0.357 e. The van der Waals surface area contributed by atoms with Crippen molar-refractivity contribution in [1.82, 2.24) is 10.6 Å². The number of hydrogen-bond acceptors (Lipinski definition) is 3. The Bertz CT molecular complexity index is 623. The van der Waals surface area contributed by atoms with E-state index in [1.807, 2.05) is 13.0 Å². The zero-order valence-electron chi connectivity index (χ0n) is 16.0. The summed E-state index contributed by atoms with van der Waals surface area (Å²) in [7, 11) is -2.91. The Kier molecular flexibility index (Phi) is 8.97. The number of rotatable bonds is 10. The van der Waals surface area contributed by atoms with Crippen LogP contribution in [0.4, 0.5) is 0 Å². The lowest BCUT2D eigenvalue weighted by atomic mass is 9.76. The van der Waals surface area contributed by atoms with Gasteiger partial charge in [-0.25, -0.2) is 8.42 Å². The third-order valence-corrected chi connectivity index (χ3v) is 5.64. The first-order valence-electron chi connectivity index (χ1n) is 9.12. The van der Waals surface area contributed by atoms with Gasteiger partial charge in [0.1, 0.15) is 9.84 Å². The van der Waals surface area contributed by atoms with Crippen molar-refractivity contribution < 1.29 is 8.42 Å². The molecule has 1 aromatic carbocycles. The van der Waals surface area contributed by atoms with Crippen molar-refractivity contribution >= 4 is 15.8 Å².